The summed E-state index contributed by atoms with van der Waals surface area (Å²) in [4.78, 5) is 0. The summed E-state index contributed by atoms with van der Waals surface area (Å²) in [7, 11) is -0.387. The van der Waals surface area contributed by atoms with Crippen LogP contribution in [0.1, 0.15) is 41.5 Å². The summed E-state index contributed by atoms with van der Waals surface area (Å²) in [5.74, 6) is 1.35. The second kappa shape index (κ2) is 6.09. The predicted molar refractivity (Wildman–Crippen MR) is 100.0 cm³/mol. The molecule has 1 saturated heterocycles. The van der Waals surface area contributed by atoms with E-state index in [0.29, 0.717) is 12.5 Å². The summed E-state index contributed by atoms with van der Waals surface area (Å²) < 4.78 is 18.5. The van der Waals surface area contributed by atoms with Crippen LogP contribution in [0.2, 0.25) is 0 Å². The lowest BCUT2D eigenvalue weighted by atomic mass is 9.76. The summed E-state index contributed by atoms with van der Waals surface area (Å²) in [6.45, 7) is 13.3. The van der Waals surface area contributed by atoms with Gasteiger partial charge in [-0.1, -0.05) is 38.1 Å². The van der Waals surface area contributed by atoms with Gasteiger partial charge in [-0.3, -0.25) is 0 Å². The van der Waals surface area contributed by atoms with Gasteiger partial charge in [0.2, 0.25) is 0 Å². The van der Waals surface area contributed by atoms with Crippen molar-refractivity contribution in [1.82, 2.24) is 0 Å². The van der Waals surface area contributed by atoms with E-state index in [1.807, 2.05) is 12.1 Å². The van der Waals surface area contributed by atoms with Gasteiger partial charge in [0, 0.05) is 0 Å². The lowest BCUT2D eigenvalue weighted by Crippen LogP contribution is -2.41. The second-order valence-corrected chi connectivity index (χ2v) is 8.03. The van der Waals surface area contributed by atoms with E-state index in [-0.39, 0.29) is 18.3 Å². The molecule has 0 aromatic heterocycles. The molecular formula is C20H27BO3. The Bertz CT molecular complexity index is 721. The summed E-state index contributed by atoms with van der Waals surface area (Å²) >= 11 is 0. The van der Waals surface area contributed by atoms with Gasteiger partial charge in [0.15, 0.2) is 0 Å². The lowest BCUT2D eigenvalue weighted by Gasteiger charge is -2.32. The molecule has 0 saturated carbocycles. The number of hydrogen-bond donors (Lipinski definition) is 0. The van der Waals surface area contributed by atoms with E-state index >= 15 is 0 Å². The summed E-state index contributed by atoms with van der Waals surface area (Å²) in [6.07, 6.45) is 0. The molecule has 0 N–H and O–H groups in total. The molecule has 2 aromatic carbocycles. The van der Waals surface area contributed by atoms with Gasteiger partial charge in [-0.25, -0.2) is 0 Å². The summed E-state index contributed by atoms with van der Waals surface area (Å²) in [6, 6.07) is 12.5. The molecule has 0 aliphatic carbocycles. The van der Waals surface area contributed by atoms with E-state index in [1.165, 1.54) is 0 Å². The van der Waals surface area contributed by atoms with Gasteiger partial charge in [0.25, 0.3) is 0 Å². The van der Waals surface area contributed by atoms with Crippen LogP contribution in [0.4, 0.5) is 0 Å². The zero-order chi connectivity index (χ0) is 17.5. The van der Waals surface area contributed by atoms with Crippen molar-refractivity contribution < 1.29 is 14.0 Å². The Labute approximate surface area is 145 Å². The Morgan fingerprint density at radius 1 is 1.00 bits per heavy atom. The van der Waals surface area contributed by atoms with Crippen LogP contribution in [0.3, 0.4) is 0 Å². The fourth-order valence-corrected chi connectivity index (χ4v) is 2.82. The zero-order valence-electron chi connectivity index (χ0n) is 15.6. The zero-order valence-corrected chi connectivity index (χ0v) is 15.6. The topological polar surface area (TPSA) is 27.7 Å². The number of fused-ring (bicyclic) bond motifs is 1. The van der Waals surface area contributed by atoms with Gasteiger partial charge in [0.05, 0.1) is 17.8 Å². The third kappa shape index (κ3) is 3.18. The van der Waals surface area contributed by atoms with Crippen LogP contribution in [0.5, 0.6) is 5.75 Å². The van der Waals surface area contributed by atoms with Crippen molar-refractivity contribution in [3.63, 3.8) is 0 Å². The van der Waals surface area contributed by atoms with Crippen molar-refractivity contribution in [2.45, 2.75) is 52.7 Å². The van der Waals surface area contributed by atoms with Gasteiger partial charge in [-0.15, -0.1) is 0 Å². The third-order valence-electron chi connectivity index (χ3n) is 4.96. The van der Waals surface area contributed by atoms with Crippen molar-refractivity contribution in [2.24, 2.45) is 5.92 Å². The molecule has 3 rings (SSSR count). The molecule has 24 heavy (non-hydrogen) atoms. The van der Waals surface area contributed by atoms with Crippen molar-refractivity contribution in [3.8, 4) is 5.75 Å². The van der Waals surface area contributed by atoms with Crippen molar-refractivity contribution in [1.29, 1.82) is 0 Å². The Kier molecular flexibility index (Phi) is 4.39. The van der Waals surface area contributed by atoms with Crippen molar-refractivity contribution >= 4 is 23.4 Å². The van der Waals surface area contributed by atoms with Crippen LogP contribution < -0.4 is 10.2 Å². The average molecular weight is 326 g/mol. The van der Waals surface area contributed by atoms with E-state index in [9.17, 15) is 0 Å². The van der Waals surface area contributed by atoms with E-state index in [0.717, 1.165) is 22.0 Å². The molecule has 1 aliphatic heterocycles. The van der Waals surface area contributed by atoms with Gasteiger partial charge in [-0.05, 0) is 62.0 Å². The lowest BCUT2D eigenvalue weighted by molar-refractivity contribution is 0.00578. The molecule has 0 atom stereocenters. The molecule has 0 amide bonds. The molecule has 128 valence electrons. The minimum Gasteiger partial charge on any atom is -0.493 e. The van der Waals surface area contributed by atoms with Gasteiger partial charge < -0.3 is 14.0 Å². The first kappa shape index (κ1) is 17.3. The average Bonchev–Trinajstić information content (AvgIpc) is 2.72. The smallest absolute Gasteiger partial charge is 0.493 e. The summed E-state index contributed by atoms with van der Waals surface area (Å²) in [5, 5.41) is 2.29. The number of benzene rings is 2. The largest absolute Gasteiger partial charge is 0.495 e. The van der Waals surface area contributed by atoms with Crippen LogP contribution in [-0.4, -0.2) is 24.9 Å². The first-order chi connectivity index (χ1) is 11.2. The minimum absolute atomic E-state index is 0.354. The molecule has 3 nitrogen and oxygen atoms in total. The minimum atomic E-state index is -0.387. The normalized spacial score (nSPS) is 19.2. The number of rotatable bonds is 4. The molecule has 0 spiro atoms. The van der Waals surface area contributed by atoms with Crippen LogP contribution in [0.15, 0.2) is 36.4 Å². The Morgan fingerprint density at radius 2 is 1.62 bits per heavy atom. The van der Waals surface area contributed by atoms with Crippen LogP contribution in [-0.2, 0) is 9.31 Å². The Hall–Kier alpha value is -1.52. The maximum atomic E-state index is 6.26. The third-order valence-corrected chi connectivity index (χ3v) is 4.96. The standard InChI is InChI=1S/C20H27BO3/c1-14(2)13-22-16-11-15-9-7-8-10-17(15)18(12-16)21-23-19(3,4)20(5,6)24-21/h7-12,14H,13H2,1-6H3. The van der Waals surface area contributed by atoms with E-state index < -0.39 is 0 Å². The first-order valence-corrected chi connectivity index (χ1v) is 8.71. The van der Waals surface area contributed by atoms with Crippen LogP contribution >= 0.6 is 0 Å². The van der Waals surface area contributed by atoms with E-state index in [4.69, 9.17) is 14.0 Å². The molecule has 1 heterocycles. The SMILES string of the molecule is CC(C)COc1cc(B2OC(C)(C)C(C)(C)O2)c2ccccc2c1. The molecule has 1 aliphatic rings. The Morgan fingerprint density at radius 3 is 2.25 bits per heavy atom. The monoisotopic (exact) mass is 326 g/mol. The molecular weight excluding hydrogens is 299 g/mol. The van der Waals surface area contributed by atoms with Crippen LogP contribution in [0.25, 0.3) is 10.8 Å². The maximum absolute atomic E-state index is 6.26. The molecule has 4 heteroatoms. The highest BCUT2D eigenvalue weighted by Crippen LogP contribution is 2.37. The van der Waals surface area contributed by atoms with E-state index in [1.54, 1.807) is 0 Å². The predicted octanol–water partition coefficient (Wildman–Crippen LogP) is 4.17. The van der Waals surface area contributed by atoms with Crippen molar-refractivity contribution in [3.05, 3.63) is 36.4 Å². The second-order valence-electron chi connectivity index (χ2n) is 8.03. The fourth-order valence-electron chi connectivity index (χ4n) is 2.82. The molecule has 1 fully saturated rings. The number of ether oxygens (including phenoxy) is 1. The number of hydrogen-bond acceptors (Lipinski definition) is 3. The van der Waals surface area contributed by atoms with Gasteiger partial charge >= 0.3 is 7.12 Å². The van der Waals surface area contributed by atoms with Gasteiger partial charge in [0.1, 0.15) is 5.75 Å². The van der Waals surface area contributed by atoms with Crippen molar-refractivity contribution in [2.75, 3.05) is 6.61 Å². The van der Waals surface area contributed by atoms with Gasteiger partial charge in [-0.2, -0.15) is 0 Å². The highest BCUT2D eigenvalue weighted by molar-refractivity contribution is 6.65. The molecule has 2 aromatic rings. The molecule has 0 bridgehead atoms. The summed E-state index contributed by atoms with van der Waals surface area (Å²) in [5.41, 5.74) is 0.326. The highest BCUT2D eigenvalue weighted by Gasteiger charge is 2.52. The highest BCUT2D eigenvalue weighted by atomic mass is 16.7. The first-order valence-electron chi connectivity index (χ1n) is 8.71. The quantitative estimate of drug-likeness (QED) is 0.789. The maximum Gasteiger partial charge on any atom is 0.495 e. The molecule has 0 unspecified atom stereocenters. The van der Waals surface area contributed by atoms with E-state index in [2.05, 4.69) is 65.8 Å². The molecule has 0 radical (unpaired) electrons. The fraction of sp³-hybridized carbons (Fsp3) is 0.500. The van der Waals surface area contributed by atoms with Crippen LogP contribution in [0, 0.1) is 5.92 Å². The Balaban J connectivity index is 2.03.